The van der Waals surface area contributed by atoms with Gasteiger partial charge in [-0.1, -0.05) is 64.1 Å². The van der Waals surface area contributed by atoms with Gasteiger partial charge in [0, 0.05) is 35.6 Å². The molecule has 60 heavy (non-hydrogen) atoms. The van der Waals surface area contributed by atoms with E-state index in [1.54, 1.807) is 0 Å². The highest BCUT2D eigenvalue weighted by Gasteiger charge is 2.40. The van der Waals surface area contributed by atoms with Gasteiger partial charge in [0.1, 0.15) is 23.7 Å². The molecular formula is C46H58N8O6. The zero-order chi connectivity index (χ0) is 42.2. The predicted octanol–water partition coefficient (Wildman–Crippen LogP) is 7.20. The Kier molecular flexibility index (Phi) is 11.7. The van der Waals surface area contributed by atoms with Crippen LogP contribution in [0.15, 0.2) is 36.4 Å². The molecule has 4 N–H and O–H groups in total. The van der Waals surface area contributed by atoms with Crippen molar-refractivity contribution in [2.75, 3.05) is 27.3 Å². The molecule has 0 unspecified atom stereocenters. The van der Waals surface area contributed by atoms with Crippen LogP contribution in [0.1, 0.15) is 112 Å². The number of alkyl carbamates (subject to hydrolysis) is 2. The second-order valence-corrected chi connectivity index (χ2v) is 17.4. The summed E-state index contributed by atoms with van der Waals surface area (Å²) in [6.07, 6.45) is 7.70. The molecule has 4 aromatic rings. The van der Waals surface area contributed by atoms with Gasteiger partial charge in [0.05, 0.1) is 37.7 Å². The minimum atomic E-state index is -0.682. The van der Waals surface area contributed by atoms with Crippen LogP contribution in [0.2, 0.25) is 0 Å². The number of carbonyl (C=O) groups excluding carboxylic acids is 4. The number of nitrogens with one attached hydrogen (secondary N) is 4. The minimum absolute atomic E-state index is 0.100. The Bertz CT molecular complexity index is 2120. The van der Waals surface area contributed by atoms with Crippen LogP contribution in [0.25, 0.3) is 33.6 Å². The van der Waals surface area contributed by atoms with Crippen molar-refractivity contribution >= 4 is 24.0 Å². The first-order chi connectivity index (χ1) is 28.9. The summed E-state index contributed by atoms with van der Waals surface area (Å²) in [5, 5.41) is 5.49. The van der Waals surface area contributed by atoms with Gasteiger partial charge in [-0.3, -0.25) is 9.59 Å². The van der Waals surface area contributed by atoms with Crippen LogP contribution < -0.4 is 10.6 Å². The number of H-pyrrole nitrogens is 2. The number of aromatic nitrogens is 4. The monoisotopic (exact) mass is 818 g/mol. The Morgan fingerprint density at radius 2 is 1.05 bits per heavy atom. The van der Waals surface area contributed by atoms with E-state index in [1.807, 2.05) is 37.5 Å². The van der Waals surface area contributed by atoms with Crippen LogP contribution in [0.5, 0.6) is 0 Å². The molecule has 4 heterocycles. The molecule has 2 fully saturated rings. The summed E-state index contributed by atoms with van der Waals surface area (Å²) < 4.78 is 9.63. The van der Waals surface area contributed by atoms with Gasteiger partial charge in [0.2, 0.25) is 11.8 Å². The topological polar surface area (TPSA) is 175 Å². The maximum Gasteiger partial charge on any atom is 0.407 e. The van der Waals surface area contributed by atoms with E-state index in [-0.39, 0.29) is 35.7 Å². The molecule has 0 bridgehead atoms. The average Bonchev–Trinajstić information content (AvgIpc) is 4.06. The van der Waals surface area contributed by atoms with Gasteiger partial charge >= 0.3 is 12.2 Å². The van der Waals surface area contributed by atoms with Gasteiger partial charge in [-0.25, -0.2) is 19.6 Å². The Morgan fingerprint density at radius 1 is 0.633 bits per heavy atom. The molecule has 2 aliphatic heterocycles. The van der Waals surface area contributed by atoms with Crippen LogP contribution in [-0.2, 0) is 44.7 Å². The number of likely N-dealkylation sites (tertiary alicyclic amines) is 2. The third-order valence-electron chi connectivity index (χ3n) is 12.9. The van der Waals surface area contributed by atoms with Crippen molar-refractivity contribution in [1.82, 2.24) is 40.4 Å². The zero-order valence-corrected chi connectivity index (χ0v) is 35.7. The fourth-order valence-corrected chi connectivity index (χ4v) is 9.70. The lowest BCUT2D eigenvalue weighted by Gasteiger charge is -2.30. The Morgan fingerprint density at radius 3 is 1.43 bits per heavy atom. The molecule has 2 aliphatic carbocycles. The van der Waals surface area contributed by atoms with Crippen LogP contribution in [0.3, 0.4) is 0 Å². The molecule has 0 spiro atoms. The van der Waals surface area contributed by atoms with E-state index in [4.69, 9.17) is 19.4 Å². The normalized spacial score (nSPS) is 19.4. The Balaban J connectivity index is 1.03. The lowest BCUT2D eigenvalue weighted by molar-refractivity contribution is -0.136. The molecule has 4 atom stereocenters. The number of hydrogen-bond donors (Lipinski definition) is 4. The maximum atomic E-state index is 13.8. The standard InChI is InChI=1S/C46H58N8O6/c1-25(2)37(51-45(57)59-5)43(55)53-21-9-15-35(53)41-47-33-13-7-11-29-23-27(17-19-31(29)39(33)49-41)28-18-20-32-30(24-28)12-8-14-34-40(32)50-42(48-34)36-16-10-22-54(36)44(56)38(26(3)4)52-46(58)60-6/h17-20,23-26,35-38H,7-16,21-22H2,1-6H3,(H,47,49)(H,48,50)(H,51,57)(H,52,58)/t35-,36-,37-,38-/m0/s1. The highest BCUT2D eigenvalue weighted by atomic mass is 16.5. The van der Waals surface area contributed by atoms with Gasteiger partial charge in [-0.05, 0) is 98.3 Å². The second-order valence-electron chi connectivity index (χ2n) is 17.4. The highest BCUT2D eigenvalue weighted by molar-refractivity contribution is 5.87. The van der Waals surface area contributed by atoms with Gasteiger partial charge in [0.15, 0.2) is 0 Å². The van der Waals surface area contributed by atoms with E-state index < -0.39 is 24.3 Å². The number of fused-ring (bicyclic) bond motifs is 6. The lowest BCUT2D eigenvalue weighted by atomic mass is 9.93. The largest absolute Gasteiger partial charge is 0.453 e. The molecule has 8 rings (SSSR count). The summed E-state index contributed by atoms with van der Waals surface area (Å²) in [6.45, 7) is 8.92. The molecule has 2 aromatic carbocycles. The van der Waals surface area contributed by atoms with Gasteiger partial charge < -0.3 is 39.9 Å². The van der Waals surface area contributed by atoms with Crippen molar-refractivity contribution in [1.29, 1.82) is 0 Å². The summed E-state index contributed by atoms with van der Waals surface area (Å²) in [5.41, 5.74) is 11.2. The first-order valence-electron chi connectivity index (χ1n) is 21.7. The van der Waals surface area contributed by atoms with Crippen molar-refractivity contribution in [2.24, 2.45) is 11.8 Å². The number of nitrogens with zero attached hydrogens (tertiary/aromatic N) is 4. The number of benzene rings is 2. The van der Waals surface area contributed by atoms with E-state index in [9.17, 15) is 19.2 Å². The third-order valence-corrected chi connectivity index (χ3v) is 12.9. The Hall–Kier alpha value is -5.66. The van der Waals surface area contributed by atoms with Crippen molar-refractivity contribution in [3.8, 4) is 33.6 Å². The first kappa shape index (κ1) is 41.1. The second kappa shape index (κ2) is 17.1. The fraction of sp³-hybridized carbons (Fsp3) is 0.522. The van der Waals surface area contributed by atoms with Crippen molar-refractivity contribution in [3.63, 3.8) is 0 Å². The third kappa shape index (κ3) is 7.88. The van der Waals surface area contributed by atoms with Gasteiger partial charge in [-0.15, -0.1) is 0 Å². The van der Waals surface area contributed by atoms with Crippen molar-refractivity contribution in [2.45, 2.75) is 116 Å². The first-order valence-corrected chi connectivity index (χ1v) is 21.7. The molecule has 0 saturated carbocycles. The number of methoxy groups -OCH3 is 2. The molecular weight excluding hydrogens is 761 g/mol. The highest BCUT2D eigenvalue weighted by Crippen LogP contribution is 2.41. The maximum absolute atomic E-state index is 13.8. The van der Waals surface area contributed by atoms with Gasteiger partial charge in [0.25, 0.3) is 0 Å². The summed E-state index contributed by atoms with van der Waals surface area (Å²) in [6, 6.07) is 11.7. The number of carbonyl (C=O) groups is 4. The molecule has 14 heteroatoms. The lowest BCUT2D eigenvalue weighted by Crippen LogP contribution is -2.51. The SMILES string of the molecule is COC(=O)N[C@H](C(=O)N1CCC[C@H]1c1nc2c([nH]1)CCCc1cc(-c3ccc4c(c3)CCCc3[nH]c([C@@H]5CCCN5C(=O)[C@@H](NC(=O)OC)C(C)C)nc3-4)ccc1-2)C(C)C. The summed E-state index contributed by atoms with van der Waals surface area (Å²) >= 11 is 0. The molecule has 318 valence electrons. The summed E-state index contributed by atoms with van der Waals surface area (Å²) in [4.78, 5) is 73.2. The Labute approximate surface area is 351 Å². The van der Waals surface area contributed by atoms with E-state index in [2.05, 4.69) is 57.0 Å². The molecule has 2 aromatic heterocycles. The molecule has 4 aliphatic rings. The molecule has 0 radical (unpaired) electrons. The number of rotatable bonds is 9. The van der Waals surface area contributed by atoms with E-state index in [1.165, 1.54) is 25.3 Å². The smallest absolute Gasteiger partial charge is 0.407 e. The number of imidazole rings is 2. The summed E-state index contributed by atoms with van der Waals surface area (Å²) in [5.74, 6) is 1.18. The fourth-order valence-electron chi connectivity index (χ4n) is 9.70. The average molecular weight is 819 g/mol. The quantitative estimate of drug-likeness (QED) is 0.137. The number of aryl methyl sites for hydroxylation is 4. The molecule has 4 amide bonds. The number of aromatic amines is 2. The van der Waals surface area contributed by atoms with Crippen LogP contribution in [0, 0.1) is 11.8 Å². The molecule has 14 nitrogen and oxygen atoms in total. The number of ether oxygens (including phenoxy) is 2. The van der Waals surface area contributed by atoms with Crippen molar-refractivity contribution in [3.05, 3.63) is 70.6 Å². The number of amides is 4. The summed E-state index contributed by atoms with van der Waals surface area (Å²) in [7, 11) is 2.61. The molecule has 2 saturated heterocycles. The van der Waals surface area contributed by atoms with Crippen LogP contribution in [-0.4, -0.2) is 93.1 Å². The zero-order valence-electron chi connectivity index (χ0n) is 35.7. The van der Waals surface area contributed by atoms with Crippen molar-refractivity contribution < 1.29 is 28.7 Å². The van der Waals surface area contributed by atoms with Gasteiger partial charge in [-0.2, -0.15) is 0 Å². The van der Waals surface area contributed by atoms with E-state index in [0.29, 0.717) is 13.1 Å². The predicted molar refractivity (Wildman–Crippen MR) is 227 cm³/mol. The van der Waals surface area contributed by atoms with Crippen LogP contribution >= 0.6 is 0 Å². The number of hydrogen-bond acceptors (Lipinski definition) is 8. The minimum Gasteiger partial charge on any atom is -0.453 e. The van der Waals surface area contributed by atoms with E-state index in [0.717, 1.165) is 121 Å². The van der Waals surface area contributed by atoms with E-state index >= 15 is 0 Å². The van der Waals surface area contributed by atoms with Crippen LogP contribution in [0.4, 0.5) is 9.59 Å².